The highest BCUT2D eigenvalue weighted by Crippen LogP contribution is 2.20. The van der Waals surface area contributed by atoms with Crippen LogP contribution in [-0.2, 0) is 28.9 Å². The molecule has 0 saturated carbocycles. The number of hydrogen-bond acceptors (Lipinski definition) is 6. The van der Waals surface area contributed by atoms with Crippen molar-refractivity contribution in [2.45, 2.75) is 30.0 Å². The molecule has 28 heavy (non-hydrogen) atoms. The Morgan fingerprint density at radius 3 is 1.96 bits per heavy atom. The Morgan fingerprint density at radius 2 is 1.43 bits per heavy atom. The van der Waals surface area contributed by atoms with Crippen molar-refractivity contribution >= 4 is 18.6 Å². The van der Waals surface area contributed by atoms with Crippen molar-refractivity contribution in [1.82, 2.24) is 0 Å². The molecule has 0 bridgehead atoms. The summed E-state index contributed by atoms with van der Waals surface area (Å²) >= 11 is 0. The topological polar surface area (TPSA) is 71.1 Å². The lowest BCUT2D eigenvalue weighted by atomic mass is 10.2. The standard InChI is InChI=1S/C20H28O6SSi/c1-17-6-12-20(13-7-17)27(21,22)16-18-8-10-19(11-9-18)26-14-5-15-28(23-2,24-3)25-4/h6-13H,5,14-16H2,1-4H3. The molecule has 2 aromatic rings. The van der Waals surface area contributed by atoms with E-state index in [1.165, 1.54) is 0 Å². The van der Waals surface area contributed by atoms with E-state index in [0.717, 1.165) is 17.5 Å². The van der Waals surface area contributed by atoms with Gasteiger partial charge in [0.2, 0.25) is 0 Å². The van der Waals surface area contributed by atoms with Crippen LogP contribution >= 0.6 is 0 Å². The van der Waals surface area contributed by atoms with E-state index in [-0.39, 0.29) is 5.75 Å². The average molecular weight is 425 g/mol. The molecule has 0 spiro atoms. The van der Waals surface area contributed by atoms with Gasteiger partial charge < -0.3 is 18.0 Å². The molecule has 0 saturated heterocycles. The normalized spacial score (nSPS) is 12.1. The van der Waals surface area contributed by atoms with Crippen LogP contribution in [0.25, 0.3) is 0 Å². The number of aryl methyl sites for hydroxylation is 1. The molecule has 0 aliphatic carbocycles. The number of hydrogen-bond donors (Lipinski definition) is 0. The molecule has 0 fully saturated rings. The van der Waals surface area contributed by atoms with Gasteiger partial charge in [0.05, 0.1) is 17.3 Å². The minimum atomic E-state index is -3.37. The Bertz CT molecular complexity index is 822. The Hall–Kier alpha value is -1.71. The van der Waals surface area contributed by atoms with Gasteiger partial charge in [0, 0.05) is 27.4 Å². The first-order chi connectivity index (χ1) is 13.3. The zero-order valence-electron chi connectivity index (χ0n) is 16.8. The lowest BCUT2D eigenvalue weighted by Gasteiger charge is -2.24. The maximum atomic E-state index is 12.5. The number of sulfone groups is 1. The fraction of sp³-hybridized carbons (Fsp3) is 0.400. The summed E-state index contributed by atoms with van der Waals surface area (Å²) in [5, 5.41) is 0. The van der Waals surface area contributed by atoms with E-state index in [0.29, 0.717) is 23.3 Å². The highest BCUT2D eigenvalue weighted by atomic mass is 32.2. The molecule has 0 heterocycles. The minimum absolute atomic E-state index is 0.0417. The largest absolute Gasteiger partial charge is 0.500 e. The third-order valence-electron chi connectivity index (χ3n) is 4.49. The second-order valence-electron chi connectivity index (χ2n) is 6.46. The molecule has 6 nitrogen and oxygen atoms in total. The van der Waals surface area contributed by atoms with Crippen LogP contribution in [0.15, 0.2) is 53.4 Å². The smallest absolute Gasteiger partial charge is 0.494 e. The van der Waals surface area contributed by atoms with Gasteiger partial charge in [-0.25, -0.2) is 8.42 Å². The first-order valence-electron chi connectivity index (χ1n) is 9.01. The molecule has 8 heteroatoms. The second kappa shape index (κ2) is 10.2. The average Bonchev–Trinajstić information content (AvgIpc) is 2.70. The Labute approximate surface area is 168 Å². The summed E-state index contributed by atoms with van der Waals surface area (Å²) < 4.78 is 46.9. The summed E-state index contributed by atoms with van der Waals surface area (Å²) in [6, 6.07) is 14.7. The SMILES string of the molecule is CO[Si](CCCOc1ccc(CS(=O)(=O)c2ccc(C)cc2)cc1)(OC)OC. The monoisotopic (exact) mass is 424 g/mol. The van der Waals surface area contributed by atoms with Crippen LogP contribution in [0, 0.1) is 6.92 Å². The molecule has 0 N–H and O–H groups in total. The predicted octanol–water partition coefficient (Wildman–Crippen LogP) is 3.62. The van der Waals surface area contributed by atoms with E-state index in [4.69, 9.17) is 18.0 Å². The molecule has 2 rings (SSSR count). The fourth-order valence-corrected chi connectivity index (χ4v) is 5.80. The van der Waals surface area contributed by atoms with Crippen LogP contribution in [0.1, 0.15) is 17.5 Å². The third kappa shape index (κ3) is 6.15. The zero-order chi connectivity index (χ0) is 20.6. The summed E-state index contributed by atoms with van der Waals surface area (Å²) in [5.41, 5.74) is 1.75. The highest BCUT2D eigenvalue weighted by molar-refractivity contribution is 7.90. The van der Waals surface area contributed by atoms with Crippen LogP contribution < -0.4 is 4.74 Å². The van der Waals surface area contributed by atoms with Crippen molar-refractivity contribution in [3.63, 3.8) is 0 Å². The second-order valence-corrected chi connectivity index (χ2v) is 11.5. The van der Waals surface area contributed by atoms with E-state index in [1.807, 2.05) is 6.92 Å². The molecule has 154 valence electrons. The molecule has 0 aliphatic rings. The van der Waals surface area contributed by atoms with Gasteiger partial charge >= 0.3 is 8.80 Å². The van der Waals surface area contributed by atoms with Gasteiger partial charge in [0.1, 0.15) is 5.75 Å². The van der Waals surface area contributed by atoms with Crippen LogP contribution in [0.5, 0.6) is 5.75 Å². The van der Waals surface area contributed by atoms with Gasteiger partial charge in [-0.1, -0.05) is 29.8 Å². The minimum Gasteiger partial charge on any atom is -0.494 e. The summed E-state index contributed by atoms with van der Waals surface area (Å²) in [6.07, 6.45) is 0.727. The van der Waals surface area contributed by atoms with E-state index < -0.39 is 18.6 Å². The van der Waals surface area contributed by atoms with Crippen molar-refractivity contribution in [3.8, 4) is 5.75 Å². The van der Waals surface area contributed by atoms with Crippen molar-refractivity contribution in [2.75, 3.05) is 27.9 Å². The number of rotatable bonds is 11. The number of benzene rings is 2. The van der Waals surface area contributed by atoms with Crippen molar-refractivity contribution in [3.05, 3.63) is 59.7 Å². The predicted molar refractivity (Wildman–Crippen MR) is 110 cm³/mol. The molecule has 0 amide bonds. The third-order valence-corrected chi connectivity index (χ3v) is 9.02. The van der Waals surface area contributed by atoms with Gasteiger partial charge in [0.15, 0.2) is 9.84 Å². The van der Waals surface area contributed by atoms with Crippen LogP contribution in [0.3, 0.4) is 0 Å². The summed E-state index contributed by atoms with van der Waals surface area (Å²) in [6.45, 7) is 2.42. The van der Waals surface area contributed by atoms with Crippen molar-refractivity contribution in [2.24, 2.45) is 0 Å². The lowest BCUT2D eigenvalue weighted by Crippen LogP contribution is -2.42. The lowest BCUT2D eigenvalue weighted by molar-refractivity contribution is 0.121. The molecule has 0 radical (unpaired) electrons. The molecule has 2 aromatic carbocycles. The number of ether oxygens (including phenoxy) is 1. The zero-order valence-corrected chi connectivity index (χ0v) is 18.6. The molecule has 0 unspecified atom stereocenters. The summed E-state index contributed by atoms with van der Waals surface area (Å²) in [7, 11) is -1.18. The maximum absolute atomic E-state index is 12.5. The van der Waals surface area contributed by atoms with Crippen molar-refractivity contribution < 1.29 is 26.4 Å². The molecule has 0 aromatic heterocycles. The van der Waals surface area contributed by atoms with Gasteiger partial charge in [-0.05, 0) is 43.2 Å². The summed E-state index contributed by atoms with van der Waals surface area (Å²) in [4.78, 5) is 0.334. The van der Waals surface area contributed by atoms with Gasteiger partial charge in [0.25, 0.3) is 0 Å². The van der Waals surface area contributed by atoms with Crippen LogP contribution in [0.2, 0.25) is 6.04 Å². The van der Waals surface area contributed by atoms with Crippen LogP contribution in [0.4, 0.5) is 0 Å². The molecule has 0 atom stereocenters. The van der Waals surface area contributed by atoms with E-state index in [2.05, 4.69) is 0 Å². The Morgan fingerprint density at radius 1 is 0.857 bits per heavy atom. The Kier molecular flexibility index (Phi) is 8.20. The quantitative estimate of drug-likeness (QED) is 0.405. The maximum Gasteiger partial charge on any atom is 0.500 e. The molecular weight excluding hydrogens is 396 g/mol. The summed E-state index contributed by atoms with van der Waals surface area (Å²) in [5.74, 6) is 0.649. The van der Waals surface area contributed by atoms with Gasteiger partial charge in [-0.15, -0.1) is 0 Å². The van der Waals surface area contributed by atoms with Gasteiger partial charge in [-0.2, -0.15) is 0 Å². The van der Waals surface area contributed by atoms with E-state index in [9.17, 15) is 8.42 Å². The van der Waals surface area contributed by atoms with Crippen molar-refractivity contribution in [1.29, 1.82) is 0 Å². The van der Waals surface area contributed by atoms with Crippen LogP contribution in [-0.4, -0.2) is 45.2 Å². The highest BCUT2D eigenvalue weighted by Gasteiger charge is 2.36. The first kappa shape index (κ1) is 22.6. The molecular formula is C20H28O6SSi. The van der Waals surface area contributed by atoms with Gasteiger partial charge in [-0.3, -0.25) is 0 Å². The fourth-order valence-electron chi connectivity index (χ4n) is 2.77. The first-order valence-corrected chi connectivity index (χ1v) is 12.6. The Balaban J connectivity index is 1.88. The molecule has 0 aliphatic heterocycles. The van der Waals surface area contributed by atoms with E-state index >= 15 is 0 Å². The van der Waals surface area contributed by atoms with E-state index in [1.54, 1.807) is 69.9 Å².